The first-order chi connectivity index (χ1) is 9.65. The number of hydrogen-bond donors (Lipinski definition) is 1. The molecular weight excluding hydrogens is 298 g/mol. The second-order valence-corrected chi connectivity index (χ2v) is 3.99. The van der Waals surface area contributed by atoms with Gasteiger partial charge in [-0.3, -0.25) is 9.38 Å². The van der Waals surface area contributed by atoms with Crippen LogP contribution in [0.15, 0.2) is 30.9 Å². The van der Waals surface area contributed by atoms with Crippen molar-refractivity contribution in [2.45, 2.75) is 6.92 Å². The Kier molecular flexibility index (Phi) is 3.99. The van der Waals surface area contributed by atoms with Gasteiger partial charge in [0, 0.05) is 18.6 Å². The molecule has 0 aliphatic rings. The van der Waals surface area contributed by atoms with Crippen LogP contribution in [-0.2, 0) is 0 Å². The molecule has 0 atom stereocenters. The van der Waals surface area contributed by atoms with Crippen molar-refractivity contribution < 1.29 is 14.6 Å². The fourth-order valence-electron chi connectivity index (χ4n) is 1.69. The van der Waals surface area contributed by atoms with Gasteiger partial charge in [-0.15, -0.1) is 22.6 Å². The number of aryl methyl sites for hydroxylation is 1. The summed E-state index contributed by atoms with van der Waals surface area (Å²) in [4.78, 5) is 18.8. The van der Waals surface area contributed by atoms with Crippen LogP contribution >= 0.6 is 12.4 Å². The van der Waals surface area contributed by atoms with Gasteiger partial charge in [-0.2, -0.15) is 0 Å². The molecule has 108 valence electrons. The number of carbonyl (C=O) groups is 1. The van der Waals surface area contributed by atoms with Crippen molar-refractivity contribution in [2.75, 3.05) is 0 Å². The van der Waals surface area contributed by atoms with E-state index in [-0.39, 0.29) is 29.6 Å². The Bertz CT molecular complexity index is 804. The van der Waals surface area contributed by atoms with Gasteiger partial charge in [0.05, 0.1) is 11.8 Å². The Morgan fingerprint density at radius 3 is 2.90 bits per heavy atom. The minimum Gasteiger partial charge on any atom is -0.478 e. The predicted molar refractivity (Wildman–Crippen MR) is 74.0 cm³/mol. The van der Waals surface area contributed by atoms with Crippen molar-refractivity contribution in [3.63, 3.8) is 0 Å². The first-order valence-electron chi connectivity index (χ1n) is 5.67. The molecule has 0 aliphatic heterocycles. The Morgan fingerprint density at radius 2 is 2.14 bits per heavy atom. The number of aromatic nitrogens is 5. The lowest BCUT2D eigenvalue weighted by Crippen LogP contribution is -1.99. The number of rotatable bonds is 3. The van der Waals surface area contributed by atoms with Crippen molar-refractivity contribution >= 4 is 24.0 Å². The quantitative estimate of drug-likeness (QED) is 0.786. The number of carboxylic acid groups (broad SMARTS) is 1. The van der Waals surface area contributed by atoms with Gasteiger partial charge in [0.2, 0.25) is 5.65 Å². The summed E-state index contributed by atoms with van der Waals surface area (Å²) in [5, 5.41) is 16.8. The summed E-state index contributed by atoms with van der Waals surface area (Å²) in [5.74, 6) is 0.126. The molecule has 0 radical (unpaired) electrons. The van der Waals surface area contributed by atoms with Gasteiger partial charge in [0.25, 0.3) is 5.88 Å². The maximum Gasteiger partial charge on any atom is 0.337 e. The fraction of sp³-hybridized carbons (Fsp3) is 0.0833. The smallest absolute Gasteiger partial charge is 0.337 e. The molecule has 3 heterocycles. The number of nitrogens with zero attached hydrogens (tertiary/aromatic N) is 5. The highest BCUT2D eigenvalue weighted by Gasteiger charge is 2.11. The highest BCUT2D eigenvalue weighted by atomic mass is 35.5. The van der Waals surface area contributed by atoms with Crippen LogP contribution in [0.1, 0.15) is 16.2 Å². The molecule has 0 bridgehead atoms. The van der Waals surface area contributed by atoms with Crippen molar-refractivity contribution in [1.29, 1.82) is 0 Å². The first-order valence-corrected chi connectivity index (χ1v) is 5.67. The van der Waals surface area contributed by atoms with E-state index in [1.807, 2.05) is 0 Å². The highest BCUT2D eigenvalue weighted by molar-refractivity contribution is 5.87. The van der Waals surface area contributed by atoms with Gasteiger partial charge >= 0.3 is 5.97 Å². The zero-order chi connectivity index (χ0) is 14.1. The highest BCUT2D eigenvalue weighted by Crippen LogP contribution is 2.22. The summed E-state index contributed by atoms with van der Waals surface area (Å²) in [7, 11) is 0. The minimum absolute atomic E-state index is 0. The largest absolute Gasteiger partial charge is 0.478 e. The second-order valence-electron chi connectivity index (χ2n) is 3.99. The number of ether oxygens (including phenoxy) is 1. The van der Waals surface area contributed by atoms with Crippen LogP contribution in [-0.4, -0.2) is 35.6 Å². The number of fused-ring (bicyclic) bond motifs is 1. The standard InChI is InChI=1S/C12H9N5O3.ClH/c1-7-15-16-10-11(14-2-3-17(7)10)20-9-4-8(12(18)19)5-13-6-9;/h2-6H,1H3,(H,18,19);1H. The molecule has 0 saturated heterocycles. The average molecular weight is 308 g/mol. The van der Waals surface area contributed by atoms with E-state index in [1.165, 1.54) is 18.5 Å². The van der Waals surface area contributed by atoms with E-state index in [9.17, 15) is 4.79 Å². The van der Waals surface area contributed by atoms with Crippen LogP contribution in [0.2, 0.25) is 0 Å². The molecule has 8 nitrogen and oxygen atoms in total. The molecule has 0 aliphatic carbocycles. The molecule has 1 N–H and O–H groups in total. The lowest BCUT2D eigenvalue weighted by molar-refractivity contribution is 0.0696. The molecule has 0 amide bonds. The van der Waals surface area contributed by atoms with Crippen LogP contribution in [0.4, 0.5) is 0 Å². The van der Waals surface area contributed by atoms with Crippen molar-refractivity contribution in [3.8, 4) is 11.6 Å². The molecule has 0 fully saturated rings. The number of halogens is 1. The van der Waals surface area contributed by atoms with Crippen LogP contribution in [0.3, 0.4) is 0 Å². The summed E-state index contributed by atoms with van der Waals surface area (Å²) < 4.78 is 7.25. The molecule has 3 rings (SSSR count). The van der Waals surface area contributed by atoms with Crippen molar-refractivity contribution in [3.05, 3.63) is 42.2 Å². The molecule has 3 aromatic heterocycles. The number of aromatic carboxylic acids is 1. The van der Waals surface area contributed by atoms with E-state index in [4.69, 9.17) is 9.84 Å². The summed E-state index contributed by atoms with van der Waals surface area (Å²) in [6.07, 6.45) is 5.90. The molecule has 0 aromatic carbocycles. The van der Waals surface area contributed by atoms with Gasteiger partial charge in [-0.25, -0.2) is 9.78 Å². The van der Waals surface area contributed by atoms with Crippen LogP contribution < -0.4 is 4.74 Å². The summed E-state index contributed by atoms with van der Waals surface area (Å²) in [6.45, 7) is 1.80. The van der Waals surface area contributed by atoms with E-state index in [0.717, 1.165) is 0 Å². The first kappa shape index (κ1) is 14.7. The SMILES string of the molecule is Cc1nnc2c(Oc3cncc(C(=O)O)c3)nccn12.Cl. The molecule has 0 spiro atoms. The minimum atomic E-state index is -1.08. The topological polar surface area (TPSA) is 102 Å². The van der Waals surface area contributed by atoms with E-state index in [2.05, 4.69) is 20.2 Å². The molecule has 0 saturated carbocycles. The average Bonchev–Trinajstić information content (AvgIpc) is 2.82. The summed E-state index contributed by atoms with van der Waals surface area (Å²) >= 11 is 0. The third kappa shape index (κ3) is 2.75. The molecular formula is C12H10ClN5O3. The Hall–Kier alpha value is -2.74. The fourth-order valence-corrected chi connectivity index (χ4v) is 1.69. The van der Waals surface area contributed by atoms with E-state index in [0.29, 0.717) is 11.5 Å². The van der Waals surface area contributed by atoms with Crippen molar-refractivity contribution in [1.82, 2.24) is 24.6 Å². The lowest BCUT2D eigenvalue weighted by atomic mass is 10.3. The van der Waals surface area contributed by atoms with Crippen LogP contribution in [0.25, 0.3) is 5.65 Å². The maximum absolute atomic E-state index is 10.9. The number of carboxylic acids is 1. The van der Waals surface area contributed by atoms with Gasteiger partial charge in [0.15, 0.2) is 0 Å². The second kappa shape index (κ2) is 5.71. The number of pyridine rings is 1. The zero-order valence-corrected chi connectivity index (χ0v) is 11.6. The van der Waals surface area contributed by atoms with Gasteiger partial charge in [0.1, 0.15) is 11.6 Å². The van der Waals surface area contributed by atoms with Crippen LogP contribution in [0, 0.1) is 6.92 Å². The predicted octanol–water partition coefficient (Wildman–Crippen LogP) is 1.74. The maximum atomic E-state index is 10.9. The summed E-state index contributed by atoms with van der Waals surface area (Å²) in [6, 6.07) is 1.36. The van der Waals surface area contributed by atoms with Gasteiger partial charge < -0.3 is 9.84 Å². The molecule has 21 heavy (non-hydrogen) atoms. The lowest BCUT2D eigenvalue weighted by Gasteiger charge is -2.05. The van der Waals surface area contributed by atoms with Gasteiger partial charge in [-0.1, -0.05) is 0 Å². The molecule has 9 heteroatoms. The van der Waals surface area contributed by atoms with E-state index in [1.54, 1.807) is 23.7 Å². The Balaban J connectivity index is 0.00000161. The summed E-state index contributed by atoms with van der Waals surface area (Å²) in [5.41, 5.74) is 0.484. The van der Waals surface area contributed by atoms with E-state index < -0.39 is 5.97 Å². The van der Waals surface area contributed by atoms with Crippen LogP contribution in [0.5, 0.6) is 11.6 Å². The molecule has 3 aromatic rings. The normalized spacial score (nSPS) is 10.1. The molecule has 0 unspecified atom stereocenters. The van der Waals surface area contributed by atoms with Crippen molar-refractivity contribution in [2.24, 2.45) is 0 Å². The Morgan fingerprint density at radius 1 is 1.33 bits per heavy atom. The third-order valence-corrected chi connectivity index (χ3v) is 2.64. The Labute approximate surface area is 124 Å². The zero-order valence-electron chi connectivity index (χ0n) is 10.8. The monoisotopic (exact) mass is 307 g/mol. The van der Waals surface area contributed by atoms with E-state index >= 15 is 0 Å². The third-order valence-electron chi connectivity index (χ3n) is 2.64. The number of hydrogen-bond acceptors (Lipinski definition) is 6. The van der Waals surface area contributed by atoms with Gasteiger partial charge in [-0.05, 0) is 13.0 Å².